The van der Waals surface area contributed by atoms with E-state index >= 15 is 0 Å². The molecule has 1 atom stereocenters. The lowest BCUT2D eigenvalue weighted by Gasteiger charge is -2.23. The van der Waals surface area contributed by atoms with Gasteiger partial charge < -0.3 is 15.0 Å². The highest BCUT2D eigenvalue weighted by molar-refractivity contribution is 5.36. The summed E-state index contributed by atoms with van der Waals surface area (Å²) in [7, 11) is 0. The number of hydrogen-bond acceptors (Lipinski definition) is 5. The summed E-state index contributed by atoms with van der Waals surface area (Å²) < 4.78 is 5.61. The smallest absolute Gasteiger partial charge is 0.321 e. The molecule has 0 bridgehead atoms. The summed E-state index contributed by atoms with van der Waals surface area (Å²) >= 11 is 0. The van der Waals surface area contributed by atoms with Crippen molar-refractivity contribution in [1.29, 1.82) is 0 Å². The van der Waals surface area contributed by atoms with Gasteiger partial charge in [0.25, 0.3) is 0 Å². The molecule has 1 aliphatic heterocycles. The van der Waals surface area contributed by atoms with Gasteiger partial charge in [0.15, 0.2) is 0 Å². The molecule has 4 rings (SSSR count). The van der Waals surface area contributed by atoms with E-state index in [1.807, 2.05) is 24.3 Å². The molecule has 22 heavy (non-hydrogen) atoms. The molecular formula is C16H15N5O. The van der Waals surface area contributed by atoms with Gasteiger partial charge in [0, 0.05) is 31.1 Å². The monoisotopic (exact) mass is 293 g/mol. The van der Waals surface area contributed by atoms with Gasteiger partial charge in [-0.05, 0) is 23.8 Å². The van der Waals surface area contributed by atoms with Crippen LogP contribution in [0, 0.1) is 0 Å². The van der Waals surface area contributed by atoms with Crippen LogP contribution in [-0.2, 0) is 6.42 Å². The fraction of sp³-hybridized carbons (Fsp3) is 0.188. The van der Waals surface area contributed by atoms with Crippen LogP contribution in [0.15, 0.2) is 49.1 Å². The Morgan fingerprint density at radius 3 is 2.68 bits per heavy atom. The Bertz CT molecular complexity index is 754. The van der Waals surface area contributed by atoms with E-state index in [2.05, 4.69) is 25.3 Å². The van der Waals surface area contributed by atoms with Gasteiger partial charge in [0.2, 0.25) is 0 Å². The van der Waals surface area contributed by atoms with Crippen LogP contribution in [0.3, 0.4) is 0 Å². The highest BCUT2D eigenvalue weighted by Crippen LogP contribution is 2.28. The Morgan fingerprint density at radius 1 is 1.05 bits per heavy atom. The van der Waals surface area contributed by atoms with Crippen LogP contribution in [-0.4, -0.2) is 26.5 Å². The maximum atomic E-state index is 5.61. The lowest BCUT2D eigenvalue weighted by molar-refractivity contribution is 0.441. The van der Waals surface area contributed by atoms with E-state index < -0.39 is 0 Å². The van der Waals surface area contributed by atoms with Crippen molar-refractivity contribution >= 4 is 0 Å². The van der Waals surface area contributed by atoms with Crippen LogP contribution in [0.2, 0.25) is 0 Å². The summed E-state index contributed by atoms with van der Waals surface area (Å²) in [4.78, 5) is 15.7. The molecular weight excluding hydrogens is 278 g/mol. The van der Waals surface area contributed by atoms with E-state index in [-0.39, 0.29) is 6.04 Å². The first-order valence-electron chi connectivity index (χ1n) is 7.20. The summed E-state index contributed by atoms with van der Waals surface area (Å²) in [5.74, 6) is 0.716. The van der Waals surface area contributed by atoms with E-state index in [9.17, 15) is 0 Å². The molecule has 110 valence electrons. The van der Waals surface area contributed by atoms with Gasteiger partial charge >= 0.3 is 6.01 Å². The van der Waals surface area contributed by atoms with Crippen LogP contribution in [0.4, 0.5) is 0 Å². The second kappa shape index (κ2) is 5.57. The first kappa shape index (κ1) is 13.0. The highest BCUT2D eigenvalue weighted by Gasteiger charge is 2.23. The van der Waals surface area contributed by atoms with Crippen LogP contribution in [0.5, 0.6) is 11.8 Å². The first-order chi connectivity index (χ1) is 10.9. The molecule has 0 radical (unpaired) electrons. The molecule has 1 aliphatic rings. The predicted octanol–water partition coefficient (Wildman–Crippen LogP) is 2.23. The summed E-state index contributed by atoms with van der Waals surface area (Å²) in [5.41, 5.74) is 3.45. The van der Waals surface area contributed by atoms with Crippen molar-refractivity contribution in [3.63, 3.8) is 0 Å². The quantitative estimate of drug-likeness (QED) is 0.774. The molecule has 2 N–H and O–H groups in total. The molecule has 3 heterocycles. The third-order valence-corrected chi connectivity index (χ3v) is 3.71. The number of nitrogens with one attached hydrogen (secondary N) is 2. The summed E-state index contributed by atoms with van der Waals surface area (Å²) in [6.45, 7) is 0.940. The number of benzene rings is 1. The number of hydrogen-bond donors (Lipinski definition) is 2. The minimum Gasteiger partial charge on any atom is -0.424 e. The molecule has 0 saturated carbocycles. The fourth-order valence-electron chi connectivity index (χ4n) is 2.67. The molecule has 0 saturated heterocycles. The Balaban J connectivity index is 1.56. The zero-order chi connectivity index (χ0) is 14.8. The normalized spacial score (nSPS) is 17.0. The minimum absolute atomic E-state index is 0.122. The van der Waals surface area contributed by atoms with Crippen molar-refractivity contribution in [3.8, 4) is 11.8 Å². The van der Waals surface area contributed by atoms with Crippen LogP contribution in [0.25, 0.3) is 0 Å². The van der Waals surface area contributed by atoms with E-state index in [0.29, 0.717) is 11.8 Å². The molecule has 0 fully saturated rings. The summed E-state index contributed by atoms with van der Waals surface area (Å²) in [5, 5.41) is 3.50. The third-order valence-electron chi connectivity index (χ3n) is 3.71. The fourth-order valence-corrected chi connectivity index (χ4v) is 2.67. The van der Waals surface area contributed by atoms with Gasteiger partial charge in [-0.1, -0.05) is 12.1 Å². The topological polar surface area (TPSA) is 75.7 Å². The lowest BCUT2D eigenvalue weighted by atomic mass is 9.98. The van der Waals surface area contributed by atoms with E-state index in [4.69, 9.17) is 4.74 Å². The van der Waals surface area contributed by atoms with Crippen molar-refractivity contribution < 1.29 is 4.74 Å². The van der Waals surface area contributed by atoms with Gasteiger partial charge in [-0.15, -0.1) is 0 Å². The van der Waals surface area contributed by atoms with Gasteiger partial charge in [-0.25, -0.2) is 15.0 Å². The molecule has 0 spiro atoms. The number of aromatic nitrogens is 4. The number of aromatic amines is 1. The molecule has 1 aromatic carbocycles. The predicted molar refractivity (Wildman–Crippen MR) is 80.7 cm³/mol. The van der Waals surface area contributed by atoms with E-state index in [1.165, 1.54) is 5.69 Å². The zero-order valence-corrected chi connectivity index (χ0v) is 11.9. The number of nitrogens with zero attached hydrogens (tertiary/aromatic N) is 3. The molecule has 1 unspecified atom stereocenters. The maximum Gasteiger partial charge on any atom is 0.321 e. The Kier molecular flexibility index (Phi) is 3.29. The van der Waals surface area contributed by atoms with E-state index in [1.54, 1.807) is 24.8 Å². The number of rotatable bonds is 3. The lowest BCUT2D eigenvalue weighted by Crippen LogP contribution is -2.30. The van der Waals surface area contributed by atoms with Crippen LogP contribution < -0.4 is 10.1 Å². The van der Waals surface area contributed by atoms with Crippen molar-refractivity contribution in [2.24, 2.45) is 0 Å². The van der Waals surface area contributed by atoms with Crippen LogP contribution in [0.1, 0.15) is 23.0 Å². The average Bonchev–Trinajstić information content (AvgIpc) is 3.05. The maximum absolute atomic E-state index is 5.61. The molecule has 6 heteroatoms. The van der Waals surface area contributed by atoms with E-state index in [0.717, 1.165) is 24.2 Å². The van der Waals surface area contributed by atoms with Gasteiger partial charge in [-0.2, -0.15) is 0 Å². The number of fused-ring (bicyclic) bond motifs is 1. The average molecular weight is 293 g/mol. The Morgan fingerprint density at radius 2 is 1.86 bits per heavy atom. The van der Waals surface area contributed by atoms with Gasteiger partial charge in [-0.3, -0.25) is 0 Å². The summed E-state index contributed by atoms with van der Waals surface area (Å²) in [6, 6.07) is 10.2. The standard InChI is InChI=1S/C16H15N5O/c1-7-18-16(19-8-1)22-12-4-2-11(3-5-12)14-15-13(6-9-17-14)20-10-21-15/h1-5,7-8,10,14,17H,6,9H2,(H,20,21). The highest BCUT2D eigenvalue weighted by atomic mass is 16.5. The SMILES string of the molecule is c1cnc(Oc2ccc(C3NCCc4[nH]cnc43)cc2)nc1. The summed E-state index contributed by atoms with van der Waals surface area (Å²) in [6.07, 6.45) is 6.05. The first-order valence-corrected chi connectivity index (χ1v) is 7.20. The molecule has 3 aromatic rings. The van der Waals surface area contributed by atoms with Crippen molar-refractivity contribution in [1.82, 2.24) is 25.3 Å². The number of H-pyrrole nitrogens is 1. The van der Waals surface area contributed by atoms with Crippen LogP contribution >= 0.6 is 0 Å². The molecule has 2 aromatic heterocycles. The van der Waals surface area contributed by atoms with Crippen molar-refractivity contribution in [2.75, 3.05) is 6.54 Å². The largest absolute Gasteiger partial charge is 0.424 e. The van der Waals surface area contributed by atoms with Crippen molar-refractivity contribution in [3.05, 3.63) is 66.0 Å². The second-order valence-electron chi connectivity index (χ2n) is 5.11. The molecule has 0 amide bonds. The Hall–Kier alpha value is -2.73. The molecule has 6 nitrogen and oxygen atoms in total. The van der Waals surface area contributed by atoms with Gasteiger partial charge in [0.05, 0.1) is 18.1 Å². The van der Waals surface area contributed by atoms with Crippen molar-refractivity contribution in [2.45, 2.75) is 12.5 Å². The number of imidazole rings is 1. The second-order valence-corrected chi connectivity index (χ2v) is 5.11. The minimum atomic E-state index is 0.122. The van der Waals surface area contributed by atoms with Gasteiger partial charge in [0.1, 0.15) is 5.75 Å². The third kappa shape index (κ3) is 2.44. The zero-order valence-electron chi connectivity index (χ0n) is 11.9. The number of ether oxygens (including phenoxy) is 1. The molecule has 0 aliphatic carbocycles. The Labute approximate surface area is 127 Å².